The van der Waals surface area contributed by atoms with Crippen molar-refractivity contribution in [2.24, 2.45) is 5.41 Å². The van der Waals surface area contributed by atoms with Gasteiger partial charge in [-0.05, 0) is 24.7 Å². The van der Waals surface area contributed by atoms with Crippen LogP contribution in [0.1, 0.15) is 25.7 Å². The average Bonchev–Trinajstić information content (AvgIpc) is 2.09. The van der Waals surface area contributed by atoms with E-state index in [1.165, 1.54) is 38.8 Å². The SMILES string of the molecule is SN1CCC2(CCC2)C1. The lowest BCUT2D eigenvalue weighted by atomic mass is 9.68. The molecular formula is C7H13NS. The van der Waals surface area contributed by atoms with Crippen LogP contribution in [0.15, 0.2) is 0 Å². The molecule has 52 valence electrons. The second-order valence-corrected chi connectivity index (χ2v) is 4.06. The zero-order chi connectivity index (χ0) is 6.32. The fourth-order valence-electron chi connectivity index (χ4n) is 2.00. The van der Waals surface area contributed by atoms with Crippen LogP contribution >= 0.6 is 12.8 Å². The summed E-state index contributed by atoms with van der Waals surface area (Å²) in [6.07, 6.45) is 5.78. The van der Waals surface area contributed by atoms with Crippen LogP contribution in [0.5, 0.6) is 0 Å². The Balaban J connectivity index is 1.99. The Bertz CT molecular complexity index is 120. The first-order chi connectivity index (χ1) is 4.31. The molecule has 0 aromatic carbocycles. The Morgan fingerprint density at radius 3 is 2.22 bits per heavy atom. The Kier molecular flexibility index (Phi) is 1.27. The highest BCUT2D eigenvalue weighted by Crippen LogP contribution is 2.48. The second-order valence-electron chi connectivity index (χ2n) is 3.49. The molecular weight excluding hydrogens is 130 g/mol. The molecule has 1 saturated carbocycles. The first-order valence-corrected chi connectivity index (χ1v) is 4.15. The van der Waals surface area contributed by atoms with Crippen LogP contribution in [0.25, 0.3) is 0 Å². The third-order valence-corrected chi connectivity index (χ3v) is 3.17. The number of rotatable bonds is 0. The molecule has 0 radical (unpaired) electrons. The highest BCUT2D eigenvalue weighted by atomic mass is 32.1. The largest absolute Gasteiger partial charge is 0.253 e. The minimum atomic E-state index is 0.738. The fraction of sp³-hybridized carbons (Fsp3) is 1.00. The first-order valence-electron chi connectivity index (χ1n) is 3.75. The quantitative estimate of drug-likeness (QED) is 0.505. The predicted molar refractivity (Wildman–Crippen MR) is 41.5 cm³/mol. The number of thiol groups is 1. The van der Waals surface area contributed by atoms with Gasteiger partial charge in [-0.1, -0.05) is 19.2 Å². The molecule has 1 saturated heterocycles. The first kappa shape index (κ1) is 6.05. The van der Waals surface area contributed by atoms with Crippen molar-refractivity contribution in [2.75, 3.05) is 13.1 Å². The van der Waals surface area contributed by atoms with Crippen molar-refractivity contribution in [1.82, 2.24) is 4.31 Å². The summed E-state index contributed by atoms with van der Waals surface area (Å²) < 4.78 is 2.17. The van der Waals surface area contributed by atoms with Gasteiger partial charge in [0.1, 0.15) is 0 Å². The van der Waals surface area contributed by atoms with E-state index in [1.54, 1.807) is 0 Å². The van der Waals surface area contributed by atoms with Gasteiger partial charge in [-0.2, -0.15) is 0 Å². The molecule has 1 aliphatic carbocycles. The molecule has 0 amide bonds. The van der Waals surface area contributed by atoms with Gasteiger partial charge in [0.2, 0.25) is 0 Å². The normalized spacial score (nSPS) is 33.0. The van der Waals surface area contributed by atoms with E-state index >= 15 is 0 Å². The zero-order valence-electron chi connectivity index (χ0n) is 5.64. The summed E-state index contributed by atoms with van der Waals surface area (Å²) in [5, 5.41) is 0. The van der Waals surface area contributed by atoms with Crippen LogP contribution in [0.3, 0.4) is 0 Å². The fourth-order valence-corrected chi connectivity index (χ4v) is 2.40. The summed E-state index contributed by atoms with van der Waals surface area (Å²) in [5.41, 5.74) is 0.738. The summed E-state index contributed by atoms with van der Waals surface area (Å²) in [4.78, 5) is 0. The van der Waals surface area contributed by atoms with Crippen LogP contribution in [0.2, 0.25) is 0 Å². The van der Waals surface area contributed by atoms with Gasteiger partial charge in [-0.15, -0.1) is 0 Å². The summed E-state index contributed by atoms with van der Waals surface area (Å²) in [5.74, 6) is 0. The van der Waals surface area contributed by atoms with E-state index in [0.29, 0.717) is 0 Å². The van der Waals surface area contributed by atoms with Crippen molar-refractivity contribution in [3.05, 3.63) is 0 Å². The lowest BCUT2D eigenvalue weighted by Gasteiger charge is -2.37. The van der Waals surface area contributed by atoms with Gasteiger partial charge in [-0.3, -0.25) is 4.31 Å². The summed E-state index contributed by atoms with van der Waals surface area (Å²) in [7, 11) is 0. The van der Waals surface area contributed by atoms with E-state index in [9.17, 15) is 0 Å². The monoisotopic (exact) mass is 143 g/mol. The van der Waals surface area contributed by atoms with Gasteiger partial charge in [-0.25, -0.2) is 0 Å². The summed E-state index contributed by atoms with van der Waals surface area (Å²) in [6.45, 7) is 2.46. The maximum absolute atomic E-state index is 4.33. The van der Waals surface area contributed by atoms with Gasteiger partial charge < -0.3 is 0 Å². The number of hydrogen-bond acceptors (Lipinski definition) is 2. The maximum atomic E-state index is 4.33. The van der Waals surface area contributed by atoms with Crippen LogP contribution in [-0.4, -0.2) is 17.4 Å². The van der Waals surface area contributed by atoms with Gasteiger partial charge in [0, 0.05) is 13.1 Å². The lowest BCUT2D eigenvalue weighted by Crippen LogP contribution is -2.30. The molecule has 1 aliphatic heterocycles. The molecule has 1 nitrogen and oxygen atoms in total. The third kappa shape index (κ3) is 0.887. The molecule has 2 rings (SSSR count). The zero-order valence-corrected chi connectivity index (χ0v) is 6.53. The van der Waals surface area contributed by atoms with Crippen LogP contribution < -0.4 is 0 Å². The van der Waals surface area contributed by atoms with Crippen LogP contribution in [0, 0.1) is 5.41 Å². The van der Waals surface area contributed by atoms with E-state index in [1.807, 2.05) is 0 Å². The third-order valence-electron chi connectivity index (χ3n) is 2.83. The highest BCUT2D eigenvalue weighted by Gasteiger charge is 2.41. The van der Waals surface area contributed by atoms with Crippen molar-refractivity contribution in [3.8, 4) is 0 Å². The molecule has 2 heteroatoms. The molecule has 1 spiro atoms. The molecule has 0 atom stereocenters. The minimum absolute atomic E-state index is 0.738. The standard InChI is InChI=1S/C7H13NS/c9-8-5-4-7(6-8)2-1-3-7/h9H,1-6H2. The van der Waals surface area contributed by atoms with Crippen LogP contribution in [-0.2, 0) is 0 Å². The molecule has 0 N–H and O–H groups in total. The summed E-state index contributed by atoms with van der Waals surface area (Å²) >= 11 is 4.33. The van der Waals surface area contributed by atoms with Gasteiger partial charge in [0.25, 0.3) is 0 Å². The molecule has 2 aliphatic rings. The van der Waals surface area contributed by atoms with Crippen LogP contribution in [0.4, 0.5) is 0 Å². The van der Waals surface area contributed by atoms with E-state index in [4.69, 9.17) is 0 Å². The molecule has 0 bridgehead atoms. The highest BCUT2D eigenvalue weighted by molar-refractivity contribution is 7.77. The number of nitrogens with zero attached hydrogens (tertiary/aromatic N) is 1. The molecule has 0 aromatic rings. The van der Waals surface area contributed by atoms with Crippen molar-refractivity contribution in [2.45, 2.75) is 25.7 Å². The van der Waals surface area contributed by atoms with Crippen molar-refractivity contribution < 1.29 is 0 Å². The molecule has 0 aromatic heterocycles. The molecule has 1 heterocycles. The summed E-state index contributed by atoms with van der Waals surface area (Å²) in [6, 6.07) is 0. The van der Waals surface area contributed by atoms with Crippen molar-refractivity contribution in [3.63, 3.8) is 0 Å². The molecule has 9 heavy (non-hydrogen) atoms. The maximum Gasteiger partial charge on any atom is 0.0144 e. The van der Waals surface area contributed by atoms with E-state index in [2.05, 4.69) is 17.1 Å². The molecule has 0 unspecified atom stereocenters. The van der Waals surface area contributed by atoms with Gasteiger partial charge in [0.05, 0.1) is 0 Å². The Morgan fingerprint density at radius 1 is 1.22 bits per heavy atom. The van der Waals surface area contributed by atoms with Gasteiger partial charge >= 0.3 is 0 Å². The Morgan fingerprint density at radius 2 is 2.00 bits per heavy atom. The molecule has 2 fully saturated rings. The van der Waals surface area contributed by atoms with Gasteiger partial charge in [0.15, 0.2) is 0 Å². The Hall–Kier alpha value is 0.310. The van der Waals surface area contributed by atoms with Crippen molar-refractivity contribution in [1.29, 1.82) is 0 Å². The lowest BCUT2D eigenvalue weighted by molar-refractivity contribution is 0.155. The second kappa shape index (κ2) is 1.89. The average molecular weight is 143 g/mol. The van der Waals surface area contributed by atoms with E-state index in [-0.39, 0.29) is 0 Å². The van der Waals surface area contributed by atoms with Crippen molar-refractivity contribution >= 4 is 12.8 Å². The Labute approximate surface area is 62.0 Å². The van der Waals surface area contributed by atoms with E-state index < -0.39 is 0 Å². The number of hydrogen-bond donors (Lipinski definition) is 1. The topological polar surface area (TPSA) is 3.24 Å². The minimum Gasteiger partial charge on any atom is -0.253 e. The predicted octanol–water partition coefficient (Wildman–Crippen LogP) is 1.71. The van der Waals surface area contributed by atoms with E-state index in [0.717, 1.165) is 5.41 Å². The smallest absolute Gasteiger partial charge is 0.0144 e.